The highest BCUT2D eigenvalue weighted by molar-refractivity contribution is 5.28. The van der Waals surface area contributed by atoms with E-state index in [0.29, 0.717) is 5.69 Å². The molecule has 4 heteroatoms. The maximum Gasteiger partial charge on any atom is 0.146 e. The highest BCUT2D eigenvalue weighted by Crippen LogP contribution is 2.56. The molecule has 0 aromatic carbocycles. The summed E-state index contributed by atoms with van der Waals surface area (Å²) in [4.78, 5) is 4.28. The molecule has 3 rings (SSSR count). The van der Waals surface area contributed by atoms with E-state index in [1.165, 1.54) is 0 Å². The van der Waals surface area contributed by atoms with Crippen molar-refractivity contribution in [2.24, 2.45) is 11.1 Å². The maximum absolute atomic E-state index is 14.1. The van der Waals surface area contributed by atoms with Gasteiger partial charge in [-0.05, 0) is 30.4 Å². The van der Waals surface area contributed by atoms with E-state index in [1.807, 2.05) is 27.7 Å². The van der Waals surface area contributed by atoms with Crippen molar-refractivity contribution in [3.05, 3.63) is 29.3 Å². The first-order chi connectivity index (χ1) is 9.44. The van der Waals surface area contributed by atoms with Crippen molar-refractivity contribution in [3.8, 4) is 0 Å². The Morgan fingerprint density at radius 2 is 1.90 bits per heavy atom. The van der Waals surface area contributed by atoms with Gasteiger partial charge in [-0.15, -0.1) is 0 Å². The van der Waals surface area contributed by atoms with Crippen LogP contribution in [0.4, 0.5) is 4.39 Å². The number of aromatic nitrogens is 1. The normalized spacial score (nSPS) is 21.8. The van der Waals surface area contributed by atoms with Crippen LogP contribution >= 0.6 is 0 Å². The van der Waals surface area contributed by atoms with Crippen LogP contribution in [0.15, 0.2) is 12.3 Å². The van der Waals surface area contributed by atoms with Gasteiger partial charge in [-0.1, -0.05) is 27.7 Å². The summed E-state index contributed by atoms with van der Waals surface area (Å²) in [7, 11) is 0. The number of rotatable bonds is 2. The second-order valence-electron chi connectivity index (χ2n) is 6.26. The molecule has 1 spiro atoms. The van der Waals surface area contributed by atoms with Gasteiger partial charge in [-0.2, -0.15) is 0 Å². The van der Waals surface area contributed by atoms with Crippen LogP contribution in [0.3, 0.4) is 0 Å². The quantitative estimate of drug-likeness (QED) is 0.904. The van der Waals surface area contributed by atoms with E-state index in [4.69, 9.17) is 10.5 Å². The Morgan fingerprint density at radius 3 is 2.30 bits per heavy atom. The van der Waals surface area contributed by atoms with Crippen LogP contribution < -0.4 is 5.73 Å². The van der Waals surface area contributed by atoms with Crippen molar-refractivity contribution in [2.45, 2.75) is 52.0 Å². The first kappa shape index (κ1) is 15.4. The lowest BCUT2D eigenvalue weighted by molar-refractivity contribution is -0.189. The molecule has 1 aromatic rings. The molecule has 1 saturated heterocycles. The standard InChI is InChI=1S/C14H19FN2O.C2H6/c1-9(2)10-3-11(15)12(17-4-10)14(16)5-13(6-14)7-18-8-13;1-2/h3-4,9H,5-8,16H2,1-2H3;1-2H3. The van der Waals surface area contributed by atoms with Crippen molar-refractivity contribution in [1.82, 2.24) is 4.98 Å². The Balaban J connectivity index is 0.000000704. The lowest BCUT2D eigenvalue weighted by atomic mass is 9.55. The zero-order valence-electron chi connectivity index (χ0n) is 12.9. The summed E-state index contributed by atoms with van der Waals surface area (Å²) in [6.07, 6.45) is 3.32. The molecule has 0 atom stereocenters. The van der Waals surface area contributed by atoms with Gasteiger partial charge in [-0.3, -0.25) is 4.98 Å². The Kier molecular flexibility index (Phi) is 4.17. The zero-order chi connectivity index (χ0) is 15.0. The first-order valence-electron chi connectivity index (χ1n) is 7.47. The van der Waals surface area contributed by atoms with Crippen LogP contribution in [0, 0.1) is 11.2 Å². The van der Waals surface area contributed by atoms with Crippen molar-refractivity contribution in [2.75, 3.05) is 13.2 Å². The molecule has 1 aliphatic carbocycles. The molecule has 1 aliphatic heterocycles. The van der Waals surface area contributed by atoms with Crippen LogP contribution in [0.5, 0.6) is 0 Å². The van der Waals surface area contributed by atoms with Gasteiger partial charge in [0.05, 0.1) is 24.4 Å². The lowest BCUT2D eigenvalue weighted by Gasteiger charge is -2.58. The van der Waals surface area contributed by atoms with Gasteiger partial charge in [0.1, 0.15) is 5.82 Å². The SMILES string of the molecule is CC.CC(C)c1cnc(C2(N)CC3(COC3)C2)c(F)c1. The molecule has 2 N–H and O–H groups in total. The molecule has 112 valence electrons. The molecule has 20 heavy (non-hydrogen) atoms. The molecule has 2 aliphatic rings. The molecule has 0 bridgehead atoms. The third-order valence-electron chi connectivity index (χ3n) is 4.20. The van der Waals surface area contributed by atoms with Gasteiger partial charge in [0.15, 0.2) is 0 Å². The average molecular weight is 280 g/mol. The van der Waals surface area contributed by atoms with Gasteiger partial charge in [0.25, 0.3) is 0 Å². The summed E-state index contributed by atoms with van der Waals surface area (Å²) in [5.74, 6) is 0.0151. The van der Waals surface area contributed by atoms with E-state index in [1.54, 1.807) is 12.3 Å². The predicted molar refractivity (Wildman–Crippen MR) is 78.0 cm³/mol. The highest BCUT2D eigenvalue weighted by Gasteiger charge is 2.58. The van der Waals surface area contributed by atoms with E-state index in [-0.39, 0.29) is 17.2 Å². The number of hydrogen-bond donors (Lipinski definition) is 1. The van der Waals surface area contributed by atoms with Gasteiger partial charge in [0.2, 0.25) is 0 Å². The minimum absolute atomic E-state index is 0.208. The van der Waals surface area contributed by atoms with Crippen molar-refractivity contribution >= 4 is 0 Å². The van der Waals surface area contributed by atoms with Crippen molar-refractivity contribution in [3.63, 3.8) is 0 Å². The molecule has 0 amide bonds. The van der Waals surface area contributed by atoms with Crippen LogP contribution in [0.2, 0.25) is 0 Å². The van der Waals surface area contributed by atoms with E-state index in [9.17, 15) is 4.39 Å². The summed E-state index contributed by atoms with van der Waals surface area (Å²) >= 11 is 0. The molecular weight excluding hydrogens is 255 g/mol. The third-order valence-corrected chi connectivity index (χ3v) is 4.20. The number of pyridine rings is 1. The van der Waals surface area contributed by atoms with Crippen LogP contribution in [0.25, 0.3) is 0 Å². The Labute approximate surface area is 120 Å². The molecule has 0 radical (unpaired) electrons. The van der Waals surface area contributed by atoms with Gasteiger partial charge in [0, 0.05) is 11.6 Å². The van der Waals surface area contributed by atoms with E-state index >= 15 is 0 Å². The second-order valence-corrected chi connectivity index (χ2v) is 6.26. The molecule has 2 heterocycles. The fourth-order valence-corrected chi connectivity index (χ4v) is 3.18. The largest absolute Gasteiger partial charge is 0.380 e. The highest BCUT2D eigenvalue weighted by atomic mass is 19.1. The zero-order valence-corrected chi connectivity index (χ0v) is 12.9. The second kappa shape index (κ2) is 5.41. The molecule has 1 aromatic heterocycles. The molecular formula is C16H25FN2O. The van der Waals surface area contributed by atoms with Crippen molar-refractivity contribution < 1.29 is 9.13 Å². The summed E-state index contributed by atoms with van der Waals surface area (Å²) < 4.78 is 19.3. The smallest absolute Gasteiger partial charge is 0.146 e. The van der Waals surface area contributed by atoms with E-state index in [0.717, 1.165) is 31.6 Å². The summed E-state index contributed by atoms with van der Waals surface area (Å²) in [5, 5.41) is 0. The van der Waals surface area contributed by atoms with Crippen LogP contribution in [0.1, 0.15) is 57.7 Å². The van der Waals surface area contributed by atoms with Crippen molar-refractivity contribution in [1.29, 1.82) is 0 Å². The lowest BCUT2D eigenvalue weighted by Crippen LogP contribution is -2.64. The number of halogens is 1. The average Bonchev–Trinajstić information content (AvgIpc) is 2.35. The summed E-state index contributed by atoms with van der Waals surface area (Å²) in [6, 6.07) is 1.57. The number of nitrogens with zero attached hydrogens (tertiary/aromatic N) is 1. The van der Waals surface area contributed by atoms with E-state index in [2.05, 4.69) is 4.98 Å². The van der Waals surface area contributed by atoms with Crippen LogP contribution in [-0.2, 0) is 10.3 Å². The molecule has 0 unspecified atom stereocenters. The predicted octanol–water partition coefficient (Wildman–Crippen LogP) is 3.33. The number of hydrogen-bond acceptors (Lipinski definition) is 3. The molecule has 2 fully saturated rings. The third kappa shape index (κ3) is 2.47. The Hall–Kier alpha value is -1.00. The fraction of sp³-hybridized carbons (Fsp3) is 0.688. The molecule has 1 saturated carbocycles. The number of ether oxygens (including phenoxy) is 1. The fourth-order valence-electron chi connectivity index (χ4n) is 3.18. The van der Waals surface area contributed by atoms with E-state index < -0.39 is 5.54 Å². The van der Waals surface area contributed by atoms with Gasteiger partial charge >= 0.3 is 0 Å². The van der Waals surface area contributed by atoms with Gasteiger partial charge in [-0.25, -0.2) is 4.39 Å². The topological polar surface area (TPSA) is 48.1 Å². The monoisotopic (exact) mass is 280 g/mol. The minimum atomic E-state index is -0.594. The van der Waals surface area contributed by atoms with Crippen LogP contribution in [-0.4, -0.2) is 18.2 Å². The summed E-state index contributed by atoms with van der Waals surface area (Å²) in [5.41, 5.74) is 7.23. The Morgan fingerprint density at radius 1 is 1.30 bits per heavy atom. The van der Waals surface area contributed by atoms with Gasteiger partial charge < -0.3 is 10.5 Å². The first-order valence-corrected chi connectivity index (χ1v) is 7.47. The summed E-state index contributed by atoms with van der Waals surface area (Å²) in [6.45, 7) is 9.58. The number of nitrogens with two attached hydrogens (primary N) is 1. The molecule has 3 nitrogen and oxygen atoms in total. The Bertz CT molecular complexity index is 475. The minimum Gasteiger partial charge on any atom is -0.380 e. The maximum atomic E-state index is 14.1.